The molecule has 4 aromatic rings. The highest BCUT2D eigenvalue weighted by molar-refractivity contribution is 6.30. The number of aromatic nitrogens is 4. The smallest absolute Gasteiger partial charge is 0.264 e. The molecule has 5 nitrogen and oxygen atoms in total. The van der Waals surface area contributed by atoms with E-state index < -0.39 is 0 Å². The van der Waals surface area contributed by atoms with Crippen LogP contribution in [-0.2, 0) is 6.54 Å². The highest BCUT2D eigenvalue weighted by Crippen LogP contribution is 2.18. The summed E-state index contributed by atoms with van der Waals surface area (Å²) in [5.74, 6) is 0. The molecular formula is C19H15ClN4O. The van der Waals surface area contributed by atoms with Gasteiger partial charge in [0.05, 0.1) is 18.4 Å². The molecule has 0 spiro atoms. The molecule has 2 heterocycles. The Morgan fingerprint density at radius 2 is 1.96 bits per heavy atom. The number of fused-ring (bicyclic) bond motifs is 1. The number of nitrogens with zero attached hydrogens (tertiary/aromatic N) is 4. The standard InChI is InChI=1S/C19H15ClN4O/c1-13-5-2-3-6-14(13)11-23-12-21-18-17(19(23)25)10-22-24(18)16-8-4-7-15(20)9-16/h2-10,12H,11H2,1H3. The first-order chi connectivity index (χ1) is 12.1. The van der Waals surface area contributed by atoms with E-state index in [4.69, 9.17) is 11.6 Å². The van der Waals surface area contributed by atoms with Gasteiger partial charge in [-0.3, -0.25) is 9.36 Å². The summed E-state index contributed by atoms with van der Waals surface area (Å²) >= 11 is 6.05. The molecule has 25 heavy (non-hydrogen) atoms. The maximum Gasteiger partial charge on any atom is 0.264 e. The number of rotatable bonds is 3. The van der Waals surface area contributed by atoms with Gasteiger partial charge in [0.2, 0.25) is 0 Å². The van der Waals surface area contributed by atoms with Crippen molar-refractivity contribution in [3.05, 3.63) is 87.6 Å². The Kier molecular flexibility index (Phi) is 3.86. The highest BCUT2D eigenvalue weighted by atomic mass is 35.5. The van der Waals surface area contributed by atoms with Crippen LogP contribution in [0.3, 0.4) is 0 Å². The number of benzene rings is 2. The maximum atomic E-state index is 12.8. The number of hydrogen-bond acceptors (Lipinski definition) is 3. The summed E-state index contributed by atoms with van der Waals surface area (Å²) in [5.41, 5.74) is 3.41. The van der Waals surface area contributed by atoms with Gasteiger partial charge in [-0.1, -0.05) is 41.9 Å². The lowest BCUT2D eigenvalue weighted by atomic mass is 10.1. The predicted molar refractivity (Wildman–Crippen MR) is 98.4 cm³/mol. The molecule has 0 unspecified atom stereocenters. The number of hydrogen-bond donors (Lipinski definition) is 0. The van der Waals surface area contributed by atoms with Gasteiger partial charge in [-0.2, -0.15) is 5.10 Å². The third kappa shape index (κ3) is 2.83. The van der Waals surface area contributed by atoms with E-state index in [0.29, 0.717) is 22.6 Å². The maximum absolute atomic E-state index is 12.8. The number of halogens is 1. The molecule has 2 aromatic heterocycles. The fourth-order valence-corrected chi connectivity index (χ4v) is 3.01. The lowest BCUT2D eigenvalue weighted by Crippen LogP contribution is -2.21. The minimum absolute atomic E-state index is 0.110. The van der Waals surface area contributed by atoms with E-state index >= 15 is 0 Å². The van der Waals surface area contributed by atoms with Crippen molar-refractivity contribution < 1.29 is 0 Å². The quantitative estimate of drug-likeness (QED) is 0.567. The highest BCUT2D eigenvalue weighted by Gasteiger charge is 2.12. The zero-order valence-electron chi connectivity index (χ0n) is 13.6. The summed E-state index contributed by atoms with van der Waals surface area (Å²) in [7, 11) is 0. The third-order valence-electron chi connectivity index (χ3n) is 4.21. The van der Waals surface area contributed by atoms with Crippen molar-refractivity contribution in [1.29, 1.82) is 0 Å². The fraction of sp³-hybridized carbons (Fsp3) is 0.105. The van der Waals surface area contributed by atoms with Gasteiger partial charge in [-0.25, -0.2) is 9.67 Å². The van der Waals surface area contributed by atoms with Gasteiger partial charge in [-0.05, 0) is 36.2 Å². The van der Waals surface area contributed by atoms with Crippen molar-refractivity contribution in [1.82, 2.24) is 19.3 Å². The molecule has 0 radical (unpaired) electrons. The topological polar surface area (TPSA) is 52.7 Å². The van der Waals surface area contributed by atoms with Crippen LogP contribution in [0.4, 0.5) is 0 Å². The Morgan fingerprint density at radius 1 is 1.12 bits per heavy atom. The molecule has 0 bridgehead atoms. The molecule has 0 aliphatic rings. The Labute approximate surface area is 149 Å². The molecule has 4 rings (SSSR count). The first kappa shape index (κ1) is 15.6. The molecule has 0 aliphatic carbocycles. The monoisotopic (exact) mass is 350 g/mol. The van der Waals surface area contributed by atoms with Gasteiger partial charge in [0.1, 0.15) is 11.7 Å². The lowest BCUT2D eigenvalue weighted by Gasteiger charge is -2.08. The van der Waals surface area contributed by atoms with E-state index in [1.807, 2.05) is 43.3 Å². The van der Waals surface area contributed by atoms with E-state index in [1.54, 1.807) is 33.9 Å². The zero-order valence-corrected chi connectivity index (χ0v) is 14.3. The Morgan fingerprint density at radius 3 is 2.76 bits per heavy atom. The van der Waals surface area contributed by atoms with Crippen molar-refractivity contribution in [2.24, 2.45) is 0 Å². The minimum atomic E-state index is -0.110. The zero-order chi connectivity index (χ0) is 17.4. The van der Waals surface area contributed by atoms with Crippen molar-refractivity contribution in [2.45, 2.75) is 13.5 Å². The van der Waals surface area contributed by atoms with E-state index in [1.165, 1.54) is 0 Å². The average Bonchev–Trinajstić information content (AvgIpc) is 3.04. The van der Waals surface area contributed by atoms with E-state index in [0.717, 1.165) is 16.8 Å². The first-order valence-corrected chi connectivity index (χ1v) is 8.25. The molecular weight excluding hydrogens is 336 g/mol. The predicted octanol–water partition coefficient (Wildman–Crippen LogP) is 3.59. The van der Waals surface area contributed by atoms with Gasteiger partial charge in [0, 0.05) is 5.02 Å². The molecule has 0 N–H and O–H groups in total. The molecule has 2 aromatic carbocycles. The summed E-state index contributed by atoms with van der Waals surface area (Å²) in [5, 5.41) is 5.40. The van der Waals surface area contributed by atoms with Crippen LogP contribution in [-0.4, -0.2) is 19.3 Å². The third-order valence-corrected chi connectivity index (χ3v) is 4.44. The van der Waals surface area contributed by atoms with Crippen LogP contribution in [0.5, 0.6) is 0 Å². The van der Waals surface area contributed by atoms with Gasteiger partial charge in [-0.15, -0.1) is 0 Å². The normalized spacial score (nSPS) is 11.1. The van der Waals surface area contributed by atoms with Crippen molar-refractivity contribution >= 4 is 22.6 Å². The van der Waals surface area contributed by atoms with Crippen LogP contribution in [0.15, 0.2) is 65.8 Å². The van der Waals surface area contributed by atoms with E-state index in [-0.39, 0.29) is 5.56 Å². The molecule has 0 atom stereocenters. The second-order valence-corrected chi connectivity index (χ2v) is 6.31. The largest absolute Gasteiger partial charge is 0.294 e. The van der Waals surface area contributed by atoms with Gasteiger partial charge < -0.3 is 0 Å². The van der Waals surface area contributed by atoms with Crippen LogP contribution in [0.1, 0.15) is 11.1 Å². The molecule has 0 fully saturated rings. The van der Waals surface area contributed by atoms with Crippen LogP contribution in [0, 0.1) is 6.92 Å². The van der Waals surface area contributed by atoms with Gasteiger partial charge >= 0.3 is 0 Å². The van der Waals surface area contributed by atoms with E-state index in [9.17, 15) is 4.79 Å². The van der Waals surface area contributed by atoms with Crippen LogP contribution in [0.25, 0.3) is 16.7 Å². The summed E-state index contributed by atoms with van der Waals surface area (Å²) in [6.07, 6.45) is 3.12. The molecule has 124 valence electrons. The van der Waals surface area contributed by atoms with Crippen LogP contribution in [0.2, 0.25) is 5.02 Å². The Hall–Kier alpha value is -2.92. The molecule has 0 saturated carbocycles. The van der Waals surface area contributed by atoms with Crippen LogP contribution < -0.4 is 5.56 Å². The van der Waals surface area contributed by atoms with Crippen molar-refractivity contribution in [3.8, 4) is 5.69 Å². The summed E-state index contributed by atoms with van der Waals surface area (Å²) in [6, 6.07) is 15.3. The van der Waals surface area contributed by atoms with Crippen molar-refractivity contribution in [2.75, 3.05) is 0 Å². The molecule has 6 heteroatoms. The van der Waals surface area contributed by atoms with Crippen molar-refractivity contribution in [3.63, 3.8) is 0 Å². The lowest BCUT2D eigenvalue weighted by molar-refractivity contribution is 0.742. The second-order valence-electron chi connectivity index (χ2n) is 5.88. The Bertz CT molecular complexity index is 1130. The molecule has 0 amide bonds. The minimum Gasteiger partial charge on any atom is -0.294 e. The fourth-order valence-electron chi connectivity index (χ4n) is 2.83. The first-order valence-electron chi connectivity index (χ1n) is 7.87. The summed E-state index contributed by atoms with van der Waals surface area (Å²) < 4.78 is 3.23. The van der Waals surface area contributed by atoms with Gasteiger partial charge in [0.15, 0.2) is 5.65 Å². The Balaban J connectivity index is 1.80. The summed E-state index contributed by atoms with van der Waals surface area (Å²) in [6.45, 7) is 2.51. The van der Waals surface area contributed by atoms with E-state index in [2.05, 4.69) is 10.1 Å². The molecule has 0 saturated heterocycles. The summed E-state index contributed by atoms with van der Waals surface area (Å²) in [4.78, 5) is 17.3. The molecule has 0 aliphatic heterocycles. The van der Waals surface area contributed by atoms with Gasteiger partial charge in [0.25, 0.3) is 5.56 Å². The average molecular weight is 351 g/mol. The van der Waals surface area contributed by atoms with Crippen LogP contribution >= 0.6 is 11.6 Å². The SMILES string of the molecule is Cc1ccccc1Cn1cnc2c(cnn2-c2cccc(Cl)c2)c1=O. The number of aryl methyl sites for hydroxylation is 1. The second kappa shape index (κ2) is 6.18.